The number of aliphatic hydroxyl groups is 1. The molecule has 0 aliphatic carbocycles. The quantitative estimate of drug-likeness (QED) is 0.0243. The molecule has 536 valence electrons. The van der Waals surface area contributed by atoms with Crippen LogP contribution in [0.15, 0.2) is 97.2 Å². The third kappa shape index (κ3) is 74.8. The van der Waals surface area contributed by atoms with E-state index >= 15 is 0 Å². The van der Waals surface area contributed by atoms with Gasteiger partial charge in [-0.3, -0.25) is 13.8 Å². The number of hydrogen-bond donors (Lipinski definition) is 3. The summed E-state index contributed by atoms with van der Waals surface area (Å²) in [6, 6.07) is -0.767. The van der Waals surface area contributed by atoms with Gasteiger partial charge in [-0.2, -0.15) is 0 Å². The fraction of sp³-hybridized carbons (Fsp3) is 0.795. The van der Waals surface area contributed by atoms with Gasteiger partial charge >= 0.3 is 7.82 Å². The lowest BCUT2D eigenvalue weighted by Crippen LogP contribution is -2.46. The van der Waals surface area contributed by atoms with Crippen LogP contribution in [0, 0.1) is 0 Å². The van der Waals surface area contributed by atoms with E-state index in [1.807, 2.05) is 21.1 Å². The molecule has 3 N–H and O–H groups in total. The van der Waals surface area contributed by atoms with E-state index < -0.39 is 20.0 Å². The van der Waals surface area contributed by atoms with Gasteiger partial charge in [0, 0.05) is 6.42 Å². The van der Waals surface area contributed by atoms with Crippen molar-refractivity contribution in [2.45, 2.75) is 386 Å². The second-order valence-corrected chi connectivity index (χ2v) is 29.5. The fourth-order valence-electron chi connectivity index (χ4n) is 11.8. The molecule has 0 aromatic heterocycles. The molecule has 0 saturated heterocycles. The molecule has 0 fully saturated rings. The van der Waals surface area contributed by atoms with Crippen LogP contribution in [0.5, 0.6) is 0 Å². The smallest absolute Gasteiger partial charge is 0.391 e. The van der Waals surface area contributed by atoms with Crippen molar-refractivity contribution >= 4 is 13.7 Å². The minimum absolute atomic E-state index is 0.0735. The number of quaternary nitrogens is 1. The average Bonchev–Trinajstić information content (AvgIpc) is 2.63. The van der Waals surface area contributed by atoms with Crippen molar-refractivity contribution in [3.63, 3.8) is 0 Å². The molecule has 0 aromatic carbocycles. The van der Waals surface area contributed by atoms with Gasteiger partial charge in [0.1, 0.15) is 13.2 Å². The third-order valence-electron chi connectivity index (χ3n) is 17.8. The maximum atomic E-state index is 13.1. The molecule has 1 amide bonds. The largest absolute Gasteiger partial charge is 0.472 e. The number of amides is 1. The highest BCUT2D eigenvalue weighted by molar-refractivity contribution is 7.47. The lowest BCUT2D eigenvalue weighted by Gasteiger charge is -2.26. The topological polar surface area (TPSA) is 105 Å². The van der Waals surface area contributed by atoms with Crippen molar-refractivity contribution in [3.8, 4) is 0 Å². The van der Waals surface area contributed by atoms with Crippen molar-refractivity contribution in [1.29, 1.82) is 0 Å². The van der Waals surface area contributed by atoms with Crippen LogP contribution >= 0.6 is 7.82 Å². The maximum absolute atomic E-state index is 13.1. The second kappa shape index (κ2) is 72.7. The number of carbonyl (C=O) groups excluding carboxylic acids is 1. The van der Waals surface area contributed by atoms with Crippen molar-refractivity contribution in [1.82, 2.24) is 5.32 Å². The standard InChI is InChI=1S/C83H153N2O6P/c1-6-8-10-12-14-16-18-20-22-24-26-28-30-32-34-36-37-38-39-40-41-42-43-44-45-46-47-49-51-53-55-57-59-61-63-65-67-69-71-73-75-77-83(87)84-81(80-91-92(88,89)90-79-78-85(3,4)5)82(86)76-74-72-70-68-66-64-62-60-58-56-54-52-50-48-35-33-31-29-27-25-23-21-19-17-15-13-11-9-7-2/h8,10,14,16,20,22,26,28,32,34,37-38,40-41,43-44,81-82,86H,6-7,9,11-13,15,17-19,21,23-25,27,29-31,33,35-36,39,42,45-80H2,1-5H3,(H-,84,87,88,89)/p+1/b10-8-,16-14-,22-20-,28-26-,34-32-,38-37-,41-40-,44-43-. The average molecular weight is 1310 g/mol. The highest BCUT2D eigenvalue weighted by atomic mass is 31.2. The molecule has 3 unspecified atom stereocenters. The van der Waals surface area contributed by atoms with E-state index in [-0.39, 0.29) is 19.1 Å². The number of likely N-dealkylation sites (N-methyl/N-ethyl adjacent to an activating group) is 1. The summed E-state index contributed by atoms with van der Waals surface area (Å²) in [7, 11) is 1.63. The van der Waals surface area contributed by atoms with Gasteiger partial charge in [-0.05, 0) is 77.0 Å². The third-order valence-corrected chi connectivity index (χ3v) is 18.8. The first-order valence-corrected chi connectivity index (χ1v) is 41.1. The first kappa shape index (κ1) is 89.4. The Kier molecular flexibility index (Phi) is 70.6. The number of rotatable bonds is 73. The monoisotopic (exact) mass is 1310 g/mol. The Bertz CT molecular complexity index is 1830. The zero-order chi connectivity index (χ0) is 66.9. The van der Waals surface area contributed by atoms with Gasteiger partial charge in [-0.25, -0.2) is 4.57 Å². The minimum Gasteiger partial charge on any atom is -0.391 e. The highest BCUT2D eigenvalue weighted by Gasteiger charge is 2.28. The van der Waals surface area contributed by atoms with Crippen LogP contribution in [0.3, 0.4) is 0 Å². The molecule has 0 heterocycles. The summed E-state index contributed by atoms with van der Waals surface area (Å²) in [6.45, 7) is 4.82. The predicted molar refractivity (Wildman–Crippen MR) is 406 cm³/mol. The number of carbonyl (C=O) groups is 1. The number of nitrogens with zero attached hydrogens (tertiary/aromatic N) is 1. The van der Waals surface area contributed by atoms with Crippen LogP contribution in [0.25, 0.3) is 0 Å². The number of allylic oxidation sites excluding steroid dienone is 16. The van der Waals surface area contributed by atoms with Crippen LogP contribution in [0.4, 0.5) is 0 Å². The summed E-state index contributed by atoms with van der Waals surface area (Å²) >= 11 is 0. The van der Waals surface area contributed by atoms with Gasteiger partial charge < -0.3 is 19.8 Å². The molecule has 8 nitrogen and oxygen atoms in total. The number of unbranched alkanes of at least 4 members (excludes halogenated alkanes) is 44. The van der Waals surface area contributed by atoms with Crippen LogP contribution in [0.1, 0.15) is 373 Å². The zero-order valence-corrected chi connectivity index (χ0v) is 62.4. The number of phosphoric ester groups is 1. The lowest BCUT2D eigenvalue weighted by molar-refractivity contribution is -0.870. The summed E-state index contributed by atoms with van der Waals surface area (Å²) < 4.78 is 24.0. The van der Waals surface area contributed by atoms with Crippen LogP contribution in [-0.2, 0) is 18.4 Å². The SMILES string of the molecule is CC/C=C\C/C=C\C/C=C\C/C=C\C/C=C\C/C=C\C/C=C\C/C=C\CCCCCCCCCCCCCCCCCCC(=O)NC(COP(=O)(O)OCC[N+](C)(C)C)C(O)CCCCCCCCCCCCCCCCCCCCCCCCCCCCCCC. The van der Waals surface area contributed by atoms with Gasteiger partial charge in [-0.1, -0.05) is 387 Å². The van der Waals surface area contributed by atoms with Gasteiger partial charge in [0.05, 0.1) is 39.9 Å². The fourth-order valence-corrected chi connectivity index (χ4v) is 12.5. The Morgan fingerprint density at radius 3 is 0.957 bits per heavy atom. The van der Waals surface area contributed by atoms with E-state index in [2.05, 4.69) is 116 Å². The molecule has 0 aliphatic rings. The van der Waals surface area contributed by atoms with Crippen LogP contribution < -0.4 is 5.32 Å². The molecule has 9 heteroatoms. The molecule has 0 spiro atoms. The molecule has 0 rings (SSSR count). The number of phosphoric acid groups is 1. The van der Waals surface area contributed by atoms with Crippen molar-refractivity contribution in [2.75, 3.05) is 40.9 Å². The van der Waals surface area contributed by atoms with Crippen molar-refractivity contribution in [3.05, 3.63) is 97.2 Å². The van der Waals surface area contributed by atoms with E-state index in [9.17, 15) is 19.4 Å². The van der Waals surface area contributed by atoms with E-state index in [0.29, 0.717) is 23.9 Å². The normalized spacial score (nSPS) is 14.0. The Balaban J connectivity index is 3.97. The molecular formula is C83H154N2O6P+. The molecular weight excluding hydrogens is 1150 g/mol. The maximum Gasteiger partial charge on any atom is 0.472 e. The van der Waals surface area contributed by atoms with Crippen molar-refractivity contribution in [2.24, 2.45) is 0 Å². The number of aliphatic hydroxyl groups excluding tert-OH is 1. The summed E-state index contributed by atoms with van der Waals surface area (Å²) in [6.07, 6.45) is 105. The van der Waals surface area contributed by atoms with E-state index in [4.69, 9.17) is 9.05 Å². The highest BCUT2D eigenvalue weighted by Crippen LogP contribution is 2.43. The van der Waals surface area contributed by atoms with Gasteiger partial charge in [0.25, 0.3) is 0 Å². The number of hydrogen-bond acceptors (Lipinski definition) is 5. The van der Waals surface area contributed by atoms with Crippen LogP contribution in [-0.4, -0.2) is 73.4 Å². The second-order valence-electron chi connectivity index (χ2n) is 28.1. The first-order valence-electron chi connectivity index (χ1n) is 39.6. The zero-order valence-electron chi connectivity index (χ0n) is 61.5. The van der Waals surface area contributed by atoms with E-state index in [1.165, 1.54) is 257 Å². The van der Waals surface area contributed by atoms with Gasteiger partial charge in [0.15, 0.2) is 0 Å². The molecule has 0 radical (unpaired) electrons. The molecule has 0 aliphatic heterocycles. The Morgan fingerprint density at radius 1 is 0.380 bits per heavy atom. The van der Waals surface area contributed by atoms with Gasteiger partial charge in [-0.15, -0.1) is 0 Å². The Morgan fingerprint density at radius 2 is 0.652 bits per heavy atom. The number of nitrogens with one attached hydrogen (secondary N) is 1. The Hall–Kier alpha value is -2.58. The molecule has 0 saturated carbocycles. The molecule has 0 bridgehead atoms. The molecule has 92 heavy (non-hydrogen) atoms. The predicted octanol–water partition coefficient (Wildman–Crippen LogP) is 26.0. The first-order chi connectivity index (χ1) is 45.0. The summed E-state index contributed by atoms with van der Waals surface area (Å²) in [4.78, 5) is 23.5. The minimum atomic E-state index is -4.34. The molecule has 3 atom stereocenters. The summed E-state index contributed by atoms with van der Waals surface area (Å²) in [5.41, 5.74) is 0. The van der Waals surface area contributed by atoms with E-state index in [1.54, 1.807) is 0 Å². The molecule has 0 aromatic rings. The summed E-state index contributed by atoms with van der Waals surface area (Å²) in [5.74, 6) is -0.141. The summed E-state index contributed by atoms with van der Waals surface area (Å²) in [5, 5.41) is 14.2. The van der Waals surface area contributed by atoms with E-state index in [0.717, 1.165) is 89.9 Å². The van der Waals surface area contributed by atoms with Gasteiger partial charge in [0.2, 0.25) is 5.91 Å². The Labute approximate surface area is 572 Å². The lowest BCUT2D eigenvalue weighted by atomic mass is 10.0. The van der Waals surface area contributed by atoms with Crippen molar-refractivity contribution < 1.29 is 32.9 Å². The van der Waals surface area contributed by atoms with Crippen LogP contribution in [0.2, 0.25) is 0 Å².